The first-order valence-electron chi connectivity index (χ1n) is 7.63. The number of ether oxygens (including phenoxy) is 1. The van der Waals surface area contributed by atoms with Crippen LogP contribution in [0.1, 0.15) is 34.1 Å². The highest BCUT2D eigenvalue weighted by Crippen LogP contribution is 2.58. The molecule has 0 aliphatic heterocycles. The van der Waals surface area contributed by atoms with E-state index < -0.39 is 23.8 Å². The number of methoxy groups -OCH3 is 1. The van der Waals surface area contributed by atoms with Crippen LogP contribution in [0.4, 0.5) is 0 Å². The molecule has 5 rings (SSSR count). The van der Waals surface area contributed by atoms with Crippen molar-refractivity contribution in [2.45, 2.75) is 11.8 Å². The number of hydrogen-bond donors (Lipinski definition) is 1. The lowest BCUT2D eigenvalue weighted by Gasteiger charge is -2.47. The third kappa shape index (κ3) is 1.78. The summed E-state index contributed by atoms with van der Waals surface area (Å²) < 4.78 is 4.95. The maximum absolute atomic E-state index is 12.4. The van der Waals surface area contributed by atoms with Crippen molar-refractivity contribution in [2.75, 3.05) is 7.11 Å². The quantitative estimate of drug-likeness (QED) is 0.867. The lowest BCUT2D eigenvalue weighted by molar-refractivity contribution is -0.158. The third-order valence-corrected chi connectivity index (χ3v) is 5.20. The number of hydrogen-bond acceptors (Lipinski definition) is 3. The normalized spacial score (nSPS) is 27.0. The van der Waals surface area contributed by atoms with E-state index in [4.69, 9.17) is 4.74 Å². The molecule has 4 heteroatoms. The van der Waals surface area contributed by atoms with Crippen LogP contribution in [0, 0.1) is 11.8 Å². The summed E-state index contributed by atoms with van der Waals surface area (Å²) in [5.74, 6) is -3.45. The third-order valence-electron chi connectivity index (χ3n) is 5.20. The molecule has 0 saturated carbocycles. The van der Waals surface area contributed by atoms with Gasteiger partial charge in [-0.25, -0.2) is 0 Å². The Hall–Kier alpha value is -2.62. The molecule has 0 amide bonds. The van der Waals surface area contributed by atoms with Gasteiger partial charge >= 0.3 is 11.9 Å². The highest BCUT2D eigenvalue weighted by atomic mass is 16.5. The van der Waals surface area contributed by atoms with Crippen molar-refractivity contribution in [1.82, 2.24) is 0 Å². The van der Waals surface area contributed by atoms with Gasteiger partial charge in [-0.05, 0) is 22.3 Å². The van der Waals surface area contributed by atoms with E-state index in [2.05, 4.69) is 0 Å². The largest absolute Gasteiger partial charge is 0.481 e. The predicted molar refractivity (Wildman–Crippen MR) is 83.2 cm³/mol. The number of carboxylic acids is 1. The lowest BCUT2D eigenvalue weighted by atomic mass is 9.54. The molecule has 0 spiro atoms. The molecule has 3 aliphatic carbocycles. The molecule has 4 nitrogen and oxygen atoms in total. The molecule has 2 unspecified atom stereocenters. The van der Waals surface area contributed by atoms with Crippen molar-refractivity contribution < 1.29 is 19.4 Å². The second-order valence-corrected chi connectivity index (χ2v) is 6.13. The average molecular weight is 308 g/mol. The second kappa shape index (κ2) is 4.95. The lowest BCUT2D eigenvalue weighted by Crippen LogP contribution is -2.47. The van der Waals surface area contributed by atoms with Crippen molar-refractivity contribution in [1.29, 1.82) is 0 Å². The number of carbonyl (C=O) groups is 2. The zero-order valence-electron chi connectivity index (χ0n) is 12.6. The fourth-order valence-electron chi connectivity index (χ4n) is 4.39. The van der Waals surface area contributed by atoms with Crippen LogP contribution < -0.4 is 0 Å². The molecular formula is C19H16O4. The molecule has 0 heterocycles. The van der Waals surface area contributed by atoms with Crippen LogP contribution in [0.15, 0.2) is 48.5 Å². The first-order valence-corrected chi connectivity index (χ1v) is 7.63. The van der Waals surface area contributed by atoms with Crippen LogP contribution in [0.25, 0.3) is 0 Å². The summed E-state index contributed by atoms with van der Waals surface area (Å²) in [6.07, 6.45) is 0. The Balaban J connectivity index is 2.03. The number of rotatable bonds is 2. The van der Waals surface area contributed by atoms with Crippen LogP contribution in [0.3, 0.4) is 0 Å². The molecule has 0 radical (unpaired) electrons. The van der Waals surface area contributed by atoms with Crippen molar-refractivity contribution in [3.05, 3.63) is 70.8 Å². The Morgan fingerprint density at radius 3 is 1.57 bits per heavy atom. The minimum Gasteiger partial charge on any atom is -0.481 e. The number of carbonyl (C=O) groups excluding carboxylic acids is 1. The van der Waals surface area contributed by atoms with Gasteiger partial charge in [0.25, 0.3) is 0 Å². The van der Waals surface area contributed by atoms with Gasteiger partial charge in [-0.2, -0.15) is 0 Å². The highest BCUT2D eigenvalue weighted by molar-refractivity contribution is 5.87. The molecule has 2 aromatic carbocycles. The fraction of sp³-hybridized carbons (Fsp3) is 0.263. The Labute approximate surface area is 133 Å². The summed E-state index contributed by atoms with van der Waals surface area (Å²) in [7, 11) is 1.32. The van der Waals surface area contributed by atoms with E-state index in [1.54, 1.807) is 0 Å². The predicted octanol–water partition coefficient (Wildman–Crippen LogP) is 2.77. The number of carboxylic acid groups (broad SMARTS) is 1. The van der Waals surface area contributed by atoms with Crippen LogP contribution in [-0.4, -0.2) is 24.2 Å². The summed E-state index contributed by atoms with van der Waals surface area (Å²) in [6.45, 7) is 0. The topological polar surface area (TPSA) is 63.6 Å². The summed E-state index contributed by atoms with van der Waals surface area (Å²) in [5.41, 5.74) is 4.13. The first-order chi connectivity index (χ1) is 11.1. The van der Waals surface area contributed by atoms with Crippen LogP contribution in [0.5, 0.6) is 0 Å². The molecular weight excluding hydrogens is 292 g/mol. The zero-order valence-corrected chi connectivity index (χ0v) is 12.6. The van der Waals surface area contributed by atoms with E-state index in [9.17, 15) is 14.7 Å². The second-order valence-electron chi connectivity index (χ2n) is 6.13. The molecule has 0 saturated heterocycles. The Morgan fingerprint density at radius 1 is 0.826 bits per heavy atom. The van der Waals surface area contributed by atoms with E-state index in [0.29, 0.717) is 0 Å². The van der Waals surface area contributed by atoms with Gasteiger partial charge in [0, 0.05) is 11.8 Å². The summed E-state index contributed by atoms with van der Waals surface area (Å²) >= 11 is 0. The molecule has 1 N–H and O–H groups in total. The number of benzene rings is 2. The van der Waals surface area contributed by atoms with E-state index in [0.717, 1.165) is 22.3 Å². The van der Waals surface area contributed by atoms with Gasteiger partial charge in [-0.3, -0.25) is 9.59 Å². The standard InChI is InChI=1S/C19H16O4/c1-23-19(22)17-15-12-8-4-2-6-10(12)14(16(17)18(20)21)11-7-3-5-9-13(11)15/h2-9,14-17H,1H3,(H,20,21). The van der Waals surface area contributed by atoms with Crippen LogP contribution in [0.2, 0.25) is 0 Å². The van der Waals surface area contributed by atoms with Crippen molar-refractivity contribution >= 4 is 11.9 Å². The number of aliphatic carboxylic acids is 1. The summed E-state index contributed by atoms with van der Waals surface area (Å²) in [5, 5.41) is 9.82. The molecule has 2 aromatic rings. The maximum Gasteiger partial charge on any atom is 0.310 e. The van der Waals surface area contributed by atoms with E-state index >= 15 is 0 Å². The van der Waals surface area contributed by atoms with Crippen LogP contribution >= 0.6 is 0 Å². The Bertz CT molecular complexity index is 763. The molecule has 2 atom stereocenters. The van der Waals surface area contributed by atoms with E-state index in [1.165, 1.54) is 7.11 Å². The van der Waals surface area contributed by atoms with Gasteiger partial charge < -0.3 is 9.84 Å². The summed E-state index contributed by atoms with van der Waals surface area (Å²) in [6, 6.07) is 15.7. The van der Waals surface area contributed by atoms with E-state index in [-0.39, 0.29) is 11.8 Å². The zero-order chi connectivity index (χ0) is 16.1. The van der Waals surface area contributed by atoms with E-state index in [1.807, 2.05) is 48.5 Å². The van der Waals surface area contributed by atoms with Crippen molar-refractivity contribution in [2.24, 2.45) is 11.8 Å². The Morgan fingerprint density at radius 2 is 1.22 bits per heavy atom. The van der Waals surface area contributed by atoms with Gasteiger partial charge in [0.15, 0.2) is 0 Å². The average Bonchev–Trinajstić information content (AvgIpc) is 2.60. The molecule has 23 heavy (non-hydrogen) atoms. The molecule has 2 bridgehead atoms. The van der Waals surface area contributed by atoms with Gasteiger partial charge in [0.05, 0.1) is 18.9 Å². The fourth-order valence-corrected chi connectivity index (χ4v) is 4.39. The number of esters is 1. The highest BCUT2D eigenvalue weighted by Gasteiger charge is 2.55. The first kappa shape index (κ1) is 14.0. The number of fused-ring (bicyclic) bond motifs is 1. The molecule has 0 aromatic heterocycles. The minimum atomic E-state index is -0.945. The SMILES string of the molecule is COC(=O)C1C2c3ccccc3C(c3ccccc32)C1C(=O)O. The van der Waals surface area contributed by atoms with Gasteiger partial charge in [-0.1, -0.05) is 48.5 Å². The van der Waals surface area contributed by atoms with Gasteiger partial charge in [0.1, 0.15) is 0 Å². The molecule has 0 fully saturated rings. The monoisotopic (exact) mass is 308 g/mol. The van der Waals surface area contributed by atoms with Crippen molar-refractivity contribution in [3.8, 4) is 0 Å². The van der Waals surface area contributed by atoms with Crippen LogP contribution in [-0.2, 0) is 14.3 Å². The van der Waals surface area contributed by atoms with Gasteiger partial charge in [0.2, 0.25) is 0 Å². The minimum absolute atomic E-state index is 0.263. The Kier molecular flexibility index (Phi) is 3.01. The smallest absolute Gasteiger partial charge is 0.310 e. The maximum atomic E-state index is 12.4. The molecule has 3 aliphatic rings. The summed E-state index contributed by atoms with van der Waals surface area (Å²) in [4.78, 5) is 24.4. The van der Waals surface area contributed by atoms with Gasteiger partial charge in [-0.15, -0.1) is 0 Å². The van der Waals surface area contributed by atoms with Crippen molar-refractivity contribution in [3.63, 3.8) is 0 Å². The molecule has 116 valence electrons.